The Balaban J connectivity index is 2.13. The number of hydrogen-bond donors (Lipinski definition) is 1. The van der Waals surface area contributed by atoms with Crippen molar-refractivity contribution in [1.29, 1.82) is 0 Å². The molecule has 0 bridgehead atoms. The lowest BCUT2D eigenvalue weighted by atomic mass is 9.85. The van der Waals surface area contributed by atoms with Crippen molar-refractivity contribution in [2.24, 2.45) is 11.1 Å². The Kier molecular flexibility index (Phi) is 3.61. The van der Waals surface area contributed by atoms with E-state index in [0.717, 1.165) is 5.56 Å². The maximum absolute atomic E-state index is 6.09. The fourth-order valence-corrected chi connectivity index (χ4v) is 1.43. The summed E-state index contributed by atoms with van der Waals surface area (Å²) in [4.78, 5) is 12.6. The third-order valence-corrected chi connectivity index (χ3v) is 2.96. The van der Waals surface area contributed by atoms with Crippen LogP contribution in [-0.2, 0) is 6.42 Å². The highest BCUT2D eigenvalue weighted by molar-refractivity contribution is 5.40. The molecule has 102 valence electrons. The van der Waals surface area contributed by atoms with Crippen LogP contribution in [0.2, 0.25) is 0 Å². The van der Waals surface area contributed by atoms with Crippen LogP contribution in [0.15, 0.2) is 16.9 Å². The van der Waals surface area contributed by atoms with E-state index in [2.05, 4.69) is 40.9 Å². The van der Waals surface area contributed by atoms with E-state index in [9.17, 15) is 0 Å². The summed E-state index contributed by atoms with van der Waals surface area (Å²) in [6, 6.07) is -0.0419. The summed E-state index contributed by atoms with van der Waals surface area (Å²) in [5.41, 5.74) is 7.07. The first-order valence-corrected chi connectivity index (χ1v) is 6.23. The summed E-state index contributed by atoms with van der Waals surface area (Å²) < 4.78 is 5.19. The third-order valence-electron chi connectivity index (χ3n) is 2.96. The molecule has 6 heteroatoms. The first kappa shape index (κ1) is 13.6. The van der Waals surface area contributed by atoms with Gasteiger partial charge >= 0.3 is 0 Å². The van der Waals surface area contributed by atoms with Crippen LogP contribution in [0, 0.1) is 12.3 Å². The van der Waals surface area contributed by atoms with Crippen LogP contribution in [0.5, 0.6) is 0 Å². The fourth-order valence-electron chi connectivity index (χ4n) is 1.43. The van der Waals surface area contributed by atoms with Gasteiger partial charge in [-0.15, -0.1) is 0 Å². The van der Waals surface area contributed by atoms with E-state index in [1.807, 2.05) is 6.92 Å². The molecular weight excluding hydrogens is 242 g/mol. The van der Waals surface area contributed by atoms with Crippen molar-refractivity contribution in [2.45, 2.75) is 40.2 Å². The van der Waals surface area contributed by atoms with Gasteiger partial charge in [0.25, 0.3) is 0 Å². The van der Waals surface area contributed by atoms with Crippen molar-refractivity contribution in [3.05, 3.63) is 23.8 Å². The van der Waals surface area contributed by atoms with Crippen molar-refractivity contribution in [3.8, 4) is 11.6 Å². The van der Waals surface area contributed by atoms with Crippen LogP contribution < -0.4 is 5.73 Å². The molecule has 0 spiro atoms. The number of rotatable bonds is 3. The lowest BCUT2D eigenvalue weighted by molar-refractivity contribution is 0.286. The van der Waals surface area contributed by atoms with E-state index in [1.54, 1.807) is 12.4 Å². The Hall–Kier alpha value is -1.82. The zero-order valence-electron chi connectivity index (χ0n) is 11.7. The van der Waals surface area contributed by atoms with Crippen molar-refractivity contribution in [1.82, 2.24) is 20.1 Å². The summed E-state index contributed by atoms with van der Waals surface area (Å²) in [7, 11) is 0. The van der Waals surface area contributed by atoms with Gasteiger partial charge in [-0.05, 0) is 17.9 Å². The largest absolute Gasteiger partial charge is 0.339 e. The quantitative estimate of drug-likeness (QED) is 0.905. The van der Waals surface area contributed by atoms with Gasteiger partial charge in [-0.1, -0.05) is 25.9 Å². The third kappa shape index (κ3) is 3.35. The SMILES string of the molecule is Cc1cnc(-c2noc(CC(N)C(C)(C)C)n2)nc1. The second-order valence-corrected chi connectivity index (χ2v) is 5.77. The second kappa shape index (κ2) is 5.05. The van der Waals surface area contributed by atoms with Crippen molar-refractivity contribution < 1.29 is 4.52 Å². The Morgan fingerprint density at radius 1 is 1.21 bits per heavy atom. The van der Waals surface area contributed by atoms with E-state index in [1.165, 1.54) is 0 Å². The van der Waals surface area contributed by atoms with Crippen LogP contribution in [0.4, 0.5) is 0 Å². The Labute approximate surface area is 112 Å². The molecule has 1 unspecified atom stereocenters. The molecule has 0 saturated carbocycles. The predicted molar refractivity (Wildman–Crippen MR) is 71.2 cm³/mol. The van der Waals surface area contributed by atoms with Crippen molar-refractivity contribution in [2.75, 3.05) is 0 Å². The zero-order valence-corrected chi connectivity index (χ0v) is 11.7. The molecule has 0 aromatic carbocycles. The fraction of sp³-hybridized carbons (Fsp3) is 0.538. The van der Waals surface area contributed by atoms with Crippen LogP contribution in [-0.4, -0.2) is 26.2 Å². The molecule has 2 aromatic heterocycles. The normalized spacial score (nSPS) is 13.5. The highest BCUT2D eigenvalue weighted by Gasteiger charge is 2.23. The molecule has 0 radical (unpaired) electrons. The average Bonchev–Trinajstić information content (AvgIpc) is 2.77. The molecular formula is C13H19N5O. The van der Waals surface area contributed by atoms with Crippen molar-refractivity contribution >= 4 is 0 Å². The van der Waals surface area contributed by atoms with E-state index < -0.39 is 0 Å². The number of nitrogens with two attached hydrogens (primary N) is 1. The summed E-state index contributed by atoms with van der Waals surface area (Å²) in [6.45, 7) is 8.17. The number of nitrogens with zero attached hydrogens (tertiary/aromatic N) is 4. The summed E-state index contributed by atoms with van der Waals surface area (Å²) >= 11 is 0. The average molecular weight is 261 g/mol. The maximum Gasteiger partial charge on any atom is 0.240 e. The van der Waals surface area contributed by atoms with Crippen LogP contribution in [0.3, 0.4) is 0 Å². The smallest absolute Gasteiger partial charge is 0.240 e. The molecule has 2 aromatic rings. The van der Waals surface area contributed by atoms with Gasteiger partial charge in [0.15, 0.2) is 0 Å². The second-order valence-electron chi connectivity index (χ2n) is 5.77. The molecule has 0 saturated heterocycles. The molecule has 6 nitrogen and oxygen atoms in total. The van der Waals surface area contributed by atoms with Gasteiger partial charge in [-0.3, -0.25) is 0 Å². The minimum absolute atomic E-state index is 0.00497. The molecule has 19 heavy (non-hydrogen) atoms. The summed E-state index contributed by atoms with van der Waals surface area (Å²) in [6.07, 6.45) is 3.99. The molecule has 0 amide bonds. The van der Waals surface area contributed by atoms with Gasteiger partial charge in [0.2, 0.25) is 17.5 Å². The molecule has 0 aliphatic carbocycles. The van der Waals surface area contributed by atoms with Crippen LogP contribution >= 0.6 is 0 Å². The predicted octanol–water partition coefficient (Wildman–Crippen LogP) is 1.75. The van der Waals surface area contributed by atoms with Gasteiger partial charge in [0.1, 0.15) is 0 Å². The molecule has 0 aliphatic rings. The van der Waals surface area contributed by atoms with E-state index >= 15 is 0 Å². The minimum atomic E-state index is -0.0419. The molecule has 0 fully saturated rings. The van der Waals surface area contributed by atoms with Gasteiger partial charge in [0.05, 0.1) is 0 Å². The Morgan fingerprint density at radius 2 is 1.84 bits per heavy atom. The van der Waals surface area contributed by atoms with E-state index in [-0.39, 0.29) is 11.5 Å². The first-order valence-electron chi connectivity index (χ1n) is 6.23. The standard InChI is InChI=1S/C13H19N5O/c1-8-6-15-11(16-7-8)12-17-10(19-18-12)5-9(14)13(2,3)4/h6-7,9H,5,14H2,1-4H3. The van der Waals surface area contributed by atoms with E-state index in [4.69, 9.17) is 10.3 Å². The Bertz CT molecular complexity index is 541. The van der Waals surface area contributed by atoms with Gasteiger partial charge < -0.3 is 10.3 Å². The highest BCUT2D eigenvalue weighted by Crippen LogP contribution is 2.20. The molecule has 2 rings (SSSR count). The van der Waals surface area contributed by atoms with Crippen LogP contribution in [0.25, 0.3) is 11.6 Å². The number of hydrogen-bond acceptors (Lipinski definition) is 6. The van der Waals surface area contributed by atoms with Gasteiger partial charge in [-0.2, -0.15) is 4.98 Å². The number of aryl methyl sites for hydroxylation is 1. The number of aromatic nitrogens is 4. The van der Waals surface area contributed by atoms with Gasteiger partial charge in [0, 0.05) is 24.9 Å². The topological polar surface area (TPSA) is 90.7 Å². The molecule has 1 atom stereocenters. The summed E-state index contributed by atoms with van der Waals surface area (Å²) in [5, 5.41) is 3.88. The first-order chi connectivity index (χ1) is 8.86. The van der Waals surface area contributed by atoms with E-state index in [0.29, 0.717) is 24.0 Å². The van der Waals surface area contributed by atoms with Crippen LogP contribution in [0.1, 0.15) is 32.2 Å². The highest BCUT2D eigenvalue weighted by atomic mass is 16.5. The van der Waals surface area contributed by atoms with Gasteiger partial charge in [-0.25, -0.2) is 9.97 Å². The minimum Gasteiger partial charge on any atom is -0.339 e. The molecule has 2 heterocycles. The molecule has 0 aliphatic heterocycles. The lowest BCUT2D eigenvalue weighted by Crippen LogP contribution is -2.36. The maximum atomic E-state index is 6.09. The summed E-state index contributed by atoms with van der Waals surface area (Å²) in [5.74, 6) is 1.38. The molecule has 2 N–H and O–H groups in total. The Morgan fingerprint density at radius 3 is 2.42 bits per heavy atom. The zero-order chi connectivity index (χ0) is 14.0. The monoisotopic (exact) mass is 261 g/mol. The lowest BCUT2D eigenvalue weighted by Gasteiger charge is -2.25. The van der Waals surface area contributed by atoms with Crippen molar-refractivity contribution in [3.63, 3.8) is 0 Å².